The van der Waals surface area contributed by atoms with Gasteiger partial charge in [-0.15, -0.1) is 0 Å². The third-order valence-electron chi connectivity index (χ3n) is 6.79. The minimum absolute atomic E-state index is 0.127. The number of aryl methyl sites for hydroxylation is 1. The second kappa shape index (κ2) is 11.5. The number of amides is 3. The van der Waals surface area contributed by atoms with Gasteiger partial charge in [-0.1, -0.05) is 18.2 Å². The maximum Gasteiger partial charge on any atom is 0.274 e. The summed E-state index contributed by atoms with van der Waals surface area (Å²) in [5, 5.41) is 7.29. The lowest BCUT2D eigenvalue weighted by Crippen LogP contribution is -2.35. The Morgan fingerprint density at radius 3 is 2.62 bits per heavy atom. The Hall–Kier alpha value is -4.41. The first-order valence-electron chi connectivity index (χ1n) is 13.0. The van der Waals surface area contributed by atoms with Crippen LogP contribution in [-0.2, 0) is 24.4 Å². The van der Waals surface area contributed by atoms with Crippen molar-refractivity contribution >= 4 is 17.7 Å². The number of fused-ring (bicyclic) bond motifs is 2. The lowest BCUT2D eigenvalue weighted by molar-refractivity contribution is -0.121. The van der Waals surface area contributed by atoms with Crippen LogP contribution in [0.15, 0.2) is 48.5 Å². The van der Waals surface area contributed by atoms with E-state index in [1.165, 1.54) is 18.2 Å². The van der Waals surface area contributed by atoms with E-state index in [0.29, 0.717) is 56.3 Å². The molecule has 0 aliphatic carbocycles. The third kappa shape index (κ3) is 6.02. The van der Waals surface area contributed by atoms with E-state index in [-0.39, 0.29) is 49.0 Å². The lowest BCUT2D eigenvalue weighted by Gasteiger charge is -2.20. The predicted molar refractivity (Wildman–Crippen MR) is 139 cm³/mol. The number of aromatic nitrogens is 2. The zero-order valence-electron chi connectivity index (χ0n) is 21.7. The van der Waals surface area contributed by atoms with Crippen LogP contribution in [0.2, 0.25) is 0 Å². The fraction of sp³-hybridized carbons (Fsp3) is 0.357. The molecule has 0 fully saturated rings. The van der Waals surface area contributed by atoms with Gasteiger partial charge in [0.15, 0.2) is 17.2 Å². The molecule has 1 aromatic heterocycles. The van der Waals surface area contributed by atoms with Gasteiger partial charge in [0.1, 0.15) is 11.5 Å². The number of nitrogens with zero attached hydrogens (tertiary/aromatic N) is 4. The normalized spacial score (nSPS) is 14.1. The number of carbonyl (C=O) groups excluding carboxylic acids is 3. The standard InChI is InChI=1S/C28H30FN5O5/c1-2-32(13-10-26(35)30-16-20-6-9-24-25(14-20)39-18-38-24)27(36)22-15-23-28(37)33(11-3-12-34(23)31-22)17-19-4-7-21(29)8-5-19/h4-9,14-15H,2-3,10-13,16-18H2,1H3,(H,30,35). The van der Waals surface area contributed by atoms with Gasteiger partial charge in [-0.2, -0.15) is 5.10 Å². The average molecular weight is 536 g/mol. The first-order valence-corrected chi connectivity index (χ1v) is 13.0. The van der Waals surface area contributed by atoms with Crippen LogP contribution in [0.1, 0.15) is 51.9 Å². The molecule has 1 N–H and O–H groups in total. The van der Waals surface area contributed by atoms with Crippen molar-refractivity contribution in [3.8, 4) is 11.5 Å². The zero-order chi connectivity index (χ0) is 27.4. The number of carbonyl (C=O) groups is 3. The molecule has 0 unspecified atom stereocenters. The number of benzene rings is 2. The molecule has 204 valence electrons. The number of hydrogen-bond acceptors (Lipinski definition) is 6. The predicted octanol–water partition coefficient (Wildman–Crippen LogP) is 2.97. The average Bonchev–Trinajstić information content (AvgIpc) is 3.56. The van der Waals surface area contributed by atoms with Crippen LogP contribution in [0, 0.1) is 5.82 Å². The largest absolute Gasteiger partial charge is 0.454 e. The fourth-order valence-corrected chi connectivity index (χ4v) is 4.64. The smallest absolute Gasteiger partial charge is 0.274 e. The van der Waals surface area contributed by atoms with E-state index in [0.717, 1.165) is 11.1 Å². The second-order valence-electron chi connectivity index (χ2n) is 9.44. The van der Waals surface area contributed by atoms with Crippen LogP contribution < -0.4 is 14.8 Å². The second-order valence-corrected chi connectivity index (χ2v) is 9.44. The van der Waals surface area contributed by atoms with Crippen molar-refractivity contribution in [1.82, 2.24) is 24.9 Å². The SMILES string of the molecule is CCN(CCC(=O)NCc1ccc2c(c1)OCO2)C(=O)c1cc2n(n1)CCCN(Cc1ccc(F)cc1)C2=O. The Morgan fingerprint density at radius 1 is 1.05 bits per heavy atom. The molecule has 0 radical (unpaired) electrons. The Bertz CT molecular complexity index is 1370. The van der Waals surface area contributed by atoms with Crippen molar-refractivity contribution < 1.29 is 28.2 Å². The molecule has 0 spiro atoms. The Morgan fingerprint density at radius 2 is 1.82 bits per heavy atom. The van der Waals surface area contributed by atoms with Gasteiger partial charge >= 0.3 is 0 Å². The molecule has 2 aliphatic heterocycles. The Balaban J connectivity index is 1.17. The van der Waals surface area contributed by atoms with E-state index in [1.54, 1.807) is 32.7 Å². The quantitative estimate of drug-likeness (QED) is 0.452. The van der Waals surface area contributed by atoms with Gasteiger partial charge in [-0.3, -0.25) is 19.1 Å². The van der Waals surface area contributed by atoms with E-state index < -0.39 is 0 Å². The van der Waals surface area contributed by atoms with Gasteiger partial charge in [-0.25, -0.2) is 4.39 Å². The maximum absolute atomic E-state index is 13.3. The molecule has 5 rings (SSSR count). The summed E-state index contributed by atoms with van der Waals surface area (Å²) in [5.74, 6) is 0.255. The molecular weight excluding hydrogens is 505 g/mol. The molecule has 0 saturated heterocycles. The summed E-state index contributed by atoms with van der Waals surface area (Å²) in [6.45, 7) is 4.34. The Labute approximate surface area is 225 Å². The van der Waals surface area contributed by atoms with Crippen molar-refractivity contribution in [3.63, 3.8) is 0 Å². The summed E-state index contributed by atoms with van der Waals surface area (Å²) >= 11 is 0. The molecule has 2 aliphatic rings. The van der Waals surface area contributed by atoms with Crippen LogP contribution in [0.4, 0.5) is 4.39 Å². The zero-order valence-corrected chi connectivity index (χ0v) is 21.7. The van der Waals surface area contributed by atoms with Crippen molar-refractivity contribution in [2.75, 3.05) is 26.4 Å². The van der Waals surface area contributed by atoms with Crippen LogP contribution in [0.25, 0.3) is 0 Å². The van der Waals surface area contributed by atoms with E-state index >= 15 is 0 Å². The van der Waals surface area contributed by atoms with Crippen LogP contribution in [0.3, 0.4) is 0 Å². The number of ether oxygens (including phenoxy) is 2. The highest BCUT2D eigenvalue weighted by molar-refractivity contribution is 5.98. The van der Waals surface area contributed by atoms with Gasteiger partial charge < -0.3 is 24.6 Å². The van der Waals surface area contributed by atoms with Crippen molar-refractivity contribution in [2.24, 2.45) is 0 Å². The Kier molecular flexibility index (Phi) is 7.76. The molecule has 3 aromatic rings. The molecule has 0 saturated carbocycles. The fourth-order valence-electron chi connectivity index (χ4n) is 4.64. The number of nitrogens with one attached hydrogen (secondary N) is 1. The van der Waals surface area contributed by atoms with Crippen molar-refractivity contribution in [1.29, 1.82) is 0 Å². The van der Waals surface area contributed by atoms with Crippen molar-refractivity contribution in [3.05, 3.63) is 76.9 Å². The van der Waals surface area contributed by atoms with E-state index in [9.17, 15) is 18.8 Å². The molecule has 0 bridgehead atoms. The minimum Gasteiger partial charge on any atom is -0.454 e. The number of hydrogen-bond donors (Lipinski definition) is 1. The highest BCUT2D eigenvalue weighted by Crippen LogP contribution is 2.32. The van der Waals surface area contributed by atoms with Crippen LogP contribution in [0.5, 0.6) is 11.5 Å². The maximum atomic E-state index is 13.3. The van der Waals surface area contributed by atoms with Gasteiger partial charge in [-0.05, 0) is 48.7 Å². The molecule has 11 heteroatoms. The first kappa shape index (κ1) is 26.2. The van der Waals surface area contributed by atoms with Gasteiger partial charge in [0, 0.05) is 51.8 Å². The molecule has 3 heterocycles. The van der Waals surface area contributed by atoms with Gasteiger partial charge in [0.25, 0.3) is 11.8 Å². The molecule has 2 aromatic carbocycles. The van der Waals surface area contributed by atoms with E-state index in [1.807, 2.05) is 19.1 Å². The van der Waals surface area contributed by atoms with Gasteiger partial charge in [0.2, 0.25) is 12.7 Å². The van der Waals surface area contributed by atoms with Crippen molar-refractivity contribution in [2.45, 2.75) is 39.4 Å². The minimum atomic E-state index is -0.334. The molecule has 0 atom stereocenters. The number of halogens is 1. The van der Waals surface area contributed by atoms with Gasteiger partial charge in [0.05, 0.1) is 0 Å². The summed E-state index contributed by atoms with van der Waals surface area (Å²) in [4.78, 5) is 42.2. The third-order valence-corrected chi connectivity index (χ3v) is 6.79. The summed E-state index contributed by atoms with van der Waals surface area (Å²) < 4.78 is 25.5. The first-order chi connectivity index (χ1) is 18.9. The van der Waals surface area contributed by atoms with E-state index in [2.05, 4.69) is 10.4 Å². The topological polar surface area (TPSA) is 106 Å². The molecule has 3 amide bonds. The summed E-state index contributed by atoms with van der Waals surface area (Å²) in [5.41, 5.74) is 2.22. The summed E-state index contributed by atoms with van der Waals surface area (Å²) in [6.07, 6.45) is 0.804. The number of rotatable bonds is 9. The summed E-state index contributed by atoms with van der Waals surface area (Å²) in [7, 11) is 0. The highest BCUT2D eigenvalue weighted by atomic mass is 19.1. The van der Waals surface area contributed by atoms with E-state index in [4.69, 9.17) is 9.47 Å². The summed E-state index contributed by atoms with van der Waals surface area (Å²) in [6, 6.07) is 13.1. The lowest BCUT2D eigenvalue weighted by atomic mass is 10.2. The van der Waals surface area contributed by atoms with Crippen LogP contribution in [-0.4, -0.2) is 63.7 Å². The monoisotopic (exact) mass is 535 g/mol. The molecular formula is C28H30FN5O5. The molecule has 39 heavy (non-hydrogen) atoms. The van der Waals surface area contributed by atoms with Crippen LogP contribution >= 0.6 is 0 Å². The molecule has 10 nitrogen and oxygen atoms in total. The highest BCUT2D eigenvalue weighted by Gasteiger charge is 2.28.